The number of rotatable bonds is 3. The molecule has 0 aliphatic rings. The third kappa shape index (κ3) is 3.71. The molecule has 2 aromatic carbocycles. The van der Waals surface area contributed by atoms with Gasteiger partial charge in [0, 0.05) is 31.2 Å². The van der Waals surface area contributed by atoms with Crippen molar-refractivity contribution in [1.29, 1.82) is 0 Å². The largest absolute Gasteiger partial charge is 0.378 e. The Labute approximate surface area is 117 Å². The lowest BCUT2D eigenvalue weighted by Gasteiger charge is -2.13. The van der Waals surface area contributed by atoms with E-state index in [9.17, 15) is 9.18 Å². The Morgan fingerprint density at radius 3 is 2.25 bits per heavy atom. The van der Waals surface area contributed by atoms with Gasteiger partial charge in [0.25, 0.3) is 0 Å². The summed E-state index contributed by atoms with van der Waals surface area (Å²) in [5.41, 5.74) is 2.12. The lowest BCUT2D eigenvalue weighted by Crippen LogP contribution is -2.19. The van der Waals surface area contributed by atoms with Gasteiger partial charge in [-0.25, -0.2) is 9.18 Å². The Kier molecular flexibility index (Phi) is 4.20. The fourth-order valence-electron chi connectivity index (χ4n) is 1.70. The highest BCUT2D eigenvalue weighted by molar-refractivity contribution is 5.99. The smallest absolute Gasteiger partial charge is 0.323 e. The molecule has 0 unspecified atom stereocenters. The van der Waals surface area contributed by atoms with E-state index in [-0.39, 0.29) is 0 Å². The number of hydrogen-bond donors (Lipinski definition) is 2. The van der Waals surface area contributed by atoms with E-state index in [1.165, 1.54) is 18.2 Å². The molecule has 104 valence electrons. The highest BCUT2D eigenvalue weighted by Crippen LogP contribution is 2.16. The van der Waals surface area contributed by atoms with Gasteiger partial charge in [-0.1, -0.05) is 6.07 Å². The number of urea groups is 1. The molecule has 0 atom stereocenters. The van der Waals surface area contributed by atoms with Crippen molar-refractivity contribution in [3.05, 3.63) is 54.3 Å². The van der Waals surface area contributed by atoms with Gasteiger partial charge in [-0.3, -0.25) is 0 Å². The maximum absolute atomic E-state index is 13.0. The first-order valence-corrected chi connectivity index (χ1v) is 6.15. The maximum atomic E-state index is 13.0. The van der Waals surface area contributed by atoms with E-state index in [1.54, 1.807) is 18.2 Å². The Balaban J connectivity index is 1.97. The van der Waals surface area contributed by atoms with Crippen LogP contribution < -0.4 is 15.5 Å². The lowest BCUT2D eigenvalue weighted by atomic mass is 10.2. The van der Waals surface area contributed by atoms with Crippen LogP contribution in [-0.2, 0) is 0 Å². The molecule has 0 spiro atoms. The predicted molar refractivity (Wildman–Crippen MR) is 79.8 cm³/mol. The number of nitrogens with one attached hydrogen (secondary N) is 2. The van der Waals surface area contributed by atoms with Crippen LogP contribution in [0, 0.1) is 5.82 Å². The summed E-state index contributed by atoms with van der Waals surface area (Å²) in [6.07, 6.45) is 0. The highest BCUT2D eigenvalue weighted by Gasteiger charge is 2.03. The second-order valence-corrected chi connectivity index (χ2v) is 4.53. The number of halogens is 1. The number of benzene rings is 2. The van der Waals surface area contributed by atoms with Crippen molar-refractivity contribution >= 4 is 23.1 Å². The molecular formula is C15H16FN3O. The van der Waals surface area contributed by atoms with Gasteiger partial charge in [0.1, 0.15) is 5.82 Å². The molecule has 0 radical (unpaired) electrons. The van der Waals surface area contributed by atoms with Gasteiger partial charge in [0.15, 0.2) is 0 Å². The van der Waals surface area contributed by atoms with E-state index in [1.807, 2.05) is 31.1 Å². The van der Waals surface area contributed by atoms with E-state index in [0.29, 0.717) is 11.4 Å². The average Bonchev–Trinajstić information content (AvgIpc) is 2.39. The molecule has 5 heteroatoms. The molecule has 2 N–H and O–H groups in total. The number of nitrogens with zero attached hydrogens (tertiary/aromatic N) is 1. The highest BCUT2D eigenvalue weighted by atomic mass is 19.1. The predicted octanol–water partition coefficient (Wildman–Crippen LogP) is 3.54. The van der Waals surface area contributed by atoms with Gasteiger partial charge < -0.3 is 15.5 Å². The van der Waals surface area contributed by atoms with Crippen LogP contribution in [0.4, 0.5) is 26.2 Å². The van der Waals surface area contributed by atoms with Crippen molar-refractivity contribution in [2.24, 2.45) is 0 Å². The SMILES string of the molecule is CN(C)c1ccc(NC(=O)Nc2cccc(F)c2)cc1. The Morgan fingerprint density at radius 2 is 1.65 bits per heavy atom. The first kappa shape index (κ1) is 13.9. The minimum Gasteiger partial charge on any atom is -0.378 e. The minimum atomic E-state index is -0.409. The van der Waals surface area contributed by atoms with Gasteiger partial charge in [0.05, 0.1) is 0 Å². The molecule has 0 aliphatic carbocycles. The fraction of sp³-hybridized carbons (Fsp3) is 0.133. The fourth-order valence-corrected chi connectivity index (χ4v) is 1.70. The van der Waals surface area contributed by atoms with Crippen molar-refractivity contribution < 1.29 is 9.18 Å². The molecule has 2 rings (SSSR count). The summed E-state index contributed by atoms with van der Waals surface area (Å²) >= 11 is 0. The van der Waals surface area contributed by atoms with Crippen LogP contribution >= 0.6 is 0 Å². The Hall–Kier alpha value is -2.56. The summed E-state index contributed by atoms with van der Waals surface area (Å²) in [5, 5.41) is 5.25. The number of hydrogen-bond acceptors (Lipinski definition) is 2. The summed E-state index contributed by atoms with van der Waals surface area (Å²) in [4.78, 5) is 13.7. The Morgan fingerprint density at radius 1 is 1.00 bits per heavy atom. The van der Waals surface area contributed by atoms with Crippen molar-refractivity contribution in [3.8, 4) is 0 Å². The van der Waals surface area contributed by atoms with Gasteiger partial charge >= 0.3 is 6.03 Å². The summed E-state index contributed by atoms with van der Waals surface area (Å²) < 4.78 is 13.0. The van der Waals surface area contributed by atoms with Gasteiger partial charge in [-0.2, -0.15) is 0 Å². The third-order valence-corrected chi connectivity index (χ3v) is 2.72. The van der Waals surface area contributed by atoms with E-state index in [0.717, 1.165) is 5.69 Å². The first-order chi connectivity index (χ1) is 9.54. The van der Waals surface area contributed by atoms with Crippen LogP contribution in [-0.4, -0.2) is 20.1 Å². The van der Waals surface area contributed by atoms with Crippen LogP contribution in [0.15, 0.2) is 48.5 Å². The standard InChI is InChI=1S/C15H16FN3O/c1-19(2)14-8-6-12(7-9-14)17-15(20)18-13-5-3-4-11(16)10-13/h3-10H,1-2H3,(H2,17,18,20). The molecule has 0 fully saturated rings. The summed E-state index contributed by atoms with van der Waals surface area (Å²) in [7, 11) is 3.89. The normalized spacial score (nSPS) is 9.95. The van der Waals surface area contributed by atoms with Crippen molar-refractivity contribution in [1.82, 2.24) is 0 Å². The molecule has 0 aromatic heterocycles. The van der Waals surface area contributed by atoms with Crippen molar-refractivity contribution in [2.75, 3.05) is 29.6 Å². The van der Waals surface area contributed by atoms with Crippen molar-refractivity contribution in [3.63, 3.8) is 0 Å². The second kappa shape index (κ2) is 6.06. The molecular weight excluding hydrogens is 257 g/mol. The molecule has 4 nitrogen and oxygen atoms in total. The zero-order valence-corrected chi connectivity index (χ0v) is 11.4. The van der Waals surface area contributed by atoms with Crippen molar-refractivity contribution in [2.45, 2.75) is 0 Å². The monoisotopic (exact) mass is 273 g/mol. The minimum absolute atomic E-state index is 0.391. The molecule has 0 saturated carbocycles. The number of anilines is 3. The molecule has 2 aromatic rings. The van der Waals surface area contributed by atoms with Crippen LogP contribution in [0.1, 0.15) is 0 Å². The van der Waals surface area contributed by atoms with Crippen LogP contribution in [0.3, 0.4) is 0 Å². The van der Waals surface area contributed by atoms with Crippen LogP contribution in [0.25, 0.3) is 0 Å². The zero-order valence-electron chi connectivity index (χ0n) is 11.4. The van der Waals surface area contributed by atoms with Gasteiger partial charge in [0.2, 0.25) is 0 Å². The number of carbonyl (C=O) groups excluding carboxylic acids is 1. The number of amides is 2. The summed E-state index contributed by atoms with van der Waals surface area (Å²) in [5.74, 6) is -0.391. The molecule has 0 heterocycles. The van der Waals surface area contributed by atoms with E-state index >= 15 is 0 Å². The van der Waals surface area contributed by atoms with Gasteiger partial charge in [-0.05, 0) is 42.5 Å². The van der Waals surface area contributed by atoms with E-state index in [2.05, 4.69) is 10.6 Å². The molecule has 0 bridgehead atoms. The molecule has 0 saturated heterocycles. The zero-order chi connectivity index (χ0) is 14.5. The quantitative estimate of drug-likeness (QED) is 0.898. The molecule has 20 heavy (non-hydrogen) atoms. The van der Waals surface area contributed by atoms with E-state index in [4.69, 9.17) is 0 Å². The maximum Gasteiger partial charge on any atom is 0.323 e. The third-order valence-electron chi connectivity index (χ3n) is 2.72. The second-order valence-electron chi connectivity index (χ2n) is 4.53. The lowest BCUT2D eigenvalue weighted by molar-refractivity contribution is 0.262. The first-order valence-electron chi connectivity index (χ1n) is 6.15. The van der Waals surface area contributed by atoms with Crippen LogP contribution in [0.5, 0.6) is 0 Å². The average molecular weight is 273 g/mol. The van der Waals surface area contributed by atoms with E-state index < -0.39 is 11.8 Å². The van der Waals surface area contributed by atoms with Gasteiger partial charge in [-0.15, -0.1) is 0 Å². The number of carbonyl (C=O) groups is 1. The molecule has 2 amide bonds. The Bertz CT molecular complexity index is 596. The summed E-state index contributed by atoms with van der Waals surface area (Å²) in [6.45, 7) is 0. The topological polar surface area (TPSA) is 44.4 Å². The molecule has 0 aliphatic heterocycles. The van der Waals surface area contributed by atoms with Crippen LogP contribution in [0.2, 0.25) is 0 Å². The summed E-state index contributed by atoms with van der Waals surface area (Å²) in [6, 6.07) is 12.7.